The molecule has 3 nitrogen and oxygen atoms in total. The molecule has 0 aliphatic heterocycles. The van der Waals surface area contributed by atoms with Crippen molar-refractivity contribution in [2.45, 2.75) is 58.5 Å². The van der Waals surface area contributed by atoms with Crippen molar-refractivity contribution < 1.29 is 0 Å². The summed E-state index contributed by atoms with van der Waals surface area (Å²) in [6, 6.07) is 0.696. The van der Waals surface area contributed by atoms with Crippen molar-refractivity contribution in [3.05, 3.63) is 18.2 Å². The van der Waals surface area contributed by atoms with Gasteiger partial charge in [-0.25, -0.2) is 4.98 Å². The lowest BCUT2D eigenvalue weighted by molar-refractivity contribution is 0.337. The first-order chi connectivity index (χ1) is 8.25. The van der Waals surface area contributed by atoms with Crippen molar-refractivity contribution in [2.24, 2.45) is 11.8 Å². The first-order valence-electron chi connectivity index (χ1n) is 6.96. The molecule has 2 N–H and O–H groups in total. The molecule has 1 aromatic heterocycles. The summed E-state index contributed by atoms with van der Waals surface area (Å²) in [6.07, 6.45) is 10.5. The van der Waals surface area contributed by atoms with Gasteiger partial charge in [-0.1, -0.05) is 26.7 Å². The van der Waals surface area contributed by atoms with Crippen LogP contribution >= 0.6 is 0 Å². The molecular formula is C14H25N3. The largest absolute Gasteiger partial charge is 0.347 e. The first-order valence-corrected chi connectivity index (χ1v) is 6.96. The van der Waals surface area contributed by atoms with Crippen molar-refractivity contribution in [3.63, 3.8) is 0 Å². The normalized spacial score (nSPS) is 26.1. The van der Waals surface area contributed by atoms with Crippen molar-refractivity contribution in [1.29, 1.82) is 0 Å². The highest BCUT2D eigenvalue weighted by Crippen LogP contribution is 2.28. The van der Waals surface area contributed by atoms with Crippen molar-refractivity contribution in [1.82, 2.24) is 15.3 Å². The number of nitrogens with zero attached hydrogens (tertiary/aromatic N) is 1. The molecule has 1 aromatic rings. The van der Waals surface area contributed by atoms with E-state index in [2.05, 4.69) is 29.1 Å². The molecule has 0 amide bonds. The molecule has 0 bridgehead atoms. The number of imidazole rings is 1. The van der Waals surface area contributed by atoms with Crippen LogP contribution in [0.3, 0.4) is 0 Å². The van der Waals surface area contributed by atoms with Crippen LogP contribution in [0.15, 0.2) is 12.5 Å². The van der Waals surface area contributed by atoms with Gasteiger partial charge in [0.05, 0.1) is 6.33 Å². The zero-order valence-electron chi connectivity index (χ0n) is 11.1. The van der Waals surface area contributed by atoms with Crippen LogP contribution in [0.5, 0.6) is 0 Å². The minimum Gasteiger partial charge on any atom is -0.347 e. The van der Waals surface area contributed by atoms with E-state index in [1.54, 1.807) is 6.33 Å². The SMILES string of the molecule is CC(C)C1CCCC(NCc2cnc[nH]2)CC1. The van der Waals surface area contributed by atoms with E-state index in [0.29, 0.717) is 6.04 Å². The van der Waals surface area contributed by atoms with Crippen molar-refractivity contribution in [3.8, 4) is 0 Å². The first kappa shape index (κ1) is 12.6. The summed E-state index contributed by atoms with van der Waals surface area (Å²) < 4.78 is 0. The molecule has 2 atom stereocenters. The minimum absolute atomic E-state index is 0.696. The lowest BCUT2D eigenvalue weighted by atomic mass is 9.89. The average molecular weight is 235 g/mol. The van der Waals surface area contributed by atoms with Gasteiger partial charge in [0, 0.05) is 24.5 Å². The molecule has 1 aliphatic carbocycles. The highest BCUT2D eigenvalue weighted by atomic mass is 15.0. The number of aromatic amines is 1. The fraction of sp³-hybridized carbons (Fsp3) is 0.786. The number of hydrogen-bond acceptors (Lipinski definition) is 2. The Morgan fingerprint density at radius 2 is 2.24 bits per heavy atom. The number of rotatable bonds is 4. The van der Waals surface area contributed by atoms with Gasteiger partial charge in [-0.2, -0.15) is 0 Å². The Balaban J connectivity index is 1.75. The van der Waals surface area contributed by atoms with Crippen LogP contribution in [0.2, 0.25) is 0 Å². The Labute approximate surface area is 104 Å². The number of aromatic nitrogens is 2. The molecule has 1 fully saturated rings. The Kier molecular flexibility index (Phi) is 4.60. The predicted octanol–water partition coefficient (Wildman–Crippen LogP) is 3.10. The van der Waals surface area contributed by atoms with Crippen molar-refractivity contribution >= 4 is 0 Å². The second kappa shape index (κ2) is 6.20. The lowest BCUT2D eigenvalue weighted by Crippen LogP contribution is -2.28. The molecule has 0 aromatic carbocycles. The molecule has 2 rings (SSSR count). The molecule has 1 saturated carbocycles. The smallest absolute Gasteiger partial charge is 0.0922 e. The Hall–Kier alpha value is -0.830. The van der Waals surface area contributed by atoms with Gasteiger partial charge in [0.2, 0.25) is 0 Å². The van der Waals surface area contributed by atoms with E-state index >= 15 is 0 Å². The van der Waals surface area contributed by atoms with E-state index in [0.717, 1.165) is 18.4 Å². The molecule has 0 saturated heterocycles. The maximum atomic E-state index is 4.04. The van der Waals surface area contributed by atoms with Gasteiger partial charge < -0.3 is 10.3 Å². The zero-order valence-corrected chi connectivity index (χ0v) is 11.1. The molecule has 0 radical (unpaired) electrons. The van der Waals surface area contributed by atoms with Crippen LogP contribution in [-0.4, -0.2) is 16.0 Å². The summed E-state index contributed by atoms with van der Waals surface area (Å²) in [6.45, 7) is 5.66. The third kappa shape index (κ3) is 3.84. The van der Waals surface area contributed by atoms with Gasteiger partial charge in [-0.3, -0.25) is 0 Å². The molecule has 17 heavy (non-hydrogen) atoms. The molecule has 1 heterocycles. The second-order valence-corrected chi connectivity index (χ2v) is 5.67. The summed E-state index contributed by atoms with van der Waals surface area (Å²) in [5.41, 5.74) is 1.19. The topological polar surface area (TPSA) is 40.7 Å². The third-order valence-electron chi connectivity index (χ3n) is 4.09. The average Bonchev–Trinajstić information content (AvgIpc) is 2.70. The maximum absolute atomic E-state index is 4.04. The van der Waals surface area contributed by atoms with Gasteiger partial charge in [-0.05, 0) is 31.1 Å². The third-order valence-corrected chi connectivity index (χ3v) is 4.09. The van der Waals surface area contributed by atoms with Crippen LogP contribution < -0.4 is 5.32 Å². The predicted molar refractivity (Wildman–Crippen MR) is 70.6 cm³/mol. The van der Waals surface area contributed by atoms with E-state index in [1.165, 1.54) is 37.8 Å². The number of nitrogens with one attached hydrogen (secondary N) is 2. The van der Waals surface area contributed by atoms with Crippen LogP contribution in [-0.2, 0) is 6.54 Å². The highest BCUT2D eigenvalue weighted by molar-refractivity contribution is 4.94. The Morgan fingerprint density at radius 1 is 1.35 bits per heavy atom. The van der Waals surface area contributed by atoms with E-state index in [4.69, 9.17) is 0 Å². The maximum Gasteiger partial charge on any atom is 0.0922 e. The van der Waals surface area contributed by atoms with Crippen molar-refractivity contribution in [2.75, 3.05) is 0 Å². The summed E-state index contributed by atoms with van der Waals surface area (Å²) in [5, 5.41) is 3.65. The van der Waals surface area contributed by atoms with Gasteiger partial charge in [0.15, 0.2) is 0 Å². The molecule has 3 heteroatoms. The molecule has 96 valence electrons. The van der Waals surface area contributed by atoms with Gasteiger partial charge >= 0.3 is 0 Å². The van der Waals surface area contributed by atoms with E-state index in [1.807, 2.05) is 6.20 Å². The van der Waals surface area contributed by atoms with E-state index < -0.39 is 0 Å². The quantitative estimate of drug-likeness (QED) is 0.787. The van der Waals surface area contributed by atoms with Crippen LogP contribution in [0.25, 0.3) is 0 Å². The monoisotopic (exact) mass is 235 g/mol. The van der Waals surface area contributed by atoms with Gasteiger partial charge in [0.25, 0.3) is 0 Å². The molecule has 0 spiro atoms. The summed E-state index contributed by atoms with van der Waals surface area (Å²) in [7, 11) is 0. The fourth-order valence-electron chi connectivity index (χ4n) is 2.84. The van der Waals surface area contributed by atoms with Gasteiger partial charge in [-0.15, -0.1) is 0 Å². The number of hydrogen-bond donors (Lipinski definition) is 2. The van der Waals surface area contributed by atoms with E-state index in [-0.39, 0.29) is 0 Å². The van der Waals surface area contributed by atoms with E-state index in [9.17, 15) is 0 Å². The van der Waals surface area contributed by atoms with Gasteiger partial charge in [0.1, 0.15) is 0 Å². The highest BCUT2D eigenvalue weighted by Gasteiger charge is 2.20. The second-order valence-electron chi connectivity index (χ2n) is 5.67. The minimum atomic E-state index is 0.696. The zero-order chi connectivity index (χ0) is 12.1. The van der Waals surface area contributed by atoms with Crippen LogP contribution in [0.4, 0.5) is 0 Å². The standard InChI is InChI=1S/C14H25N3/c1-11(2)12-4-3-5-13(7-6-12)16-9-14-8-15-10-17-14/h8,10-13,16H,3-7,9H2,1-2H3,(H,15,17). The Morgan fingerprint density at radius 3 is 2.94 bits per heavy atom. The Bertz CT molecular complexity index is 305. The molecular weight excluding hydrogens is 210 g/mol. The summed E-state index contributed by atoms with van der Waals surface area (Å²) in [5.74, 6) is 1.79. The summed E-state index contributed by atoms with van der Waals surface area (Å²) in [4.78, 5) is 7.19. The van der Waals surface area contributed by atoms with Crippen LogP contribution in [0, 0.1) is 11.8 Å². The number of H-pyrrole nitrogens is 1. The summed E-state index contributed by atoms with van der Waals surface area (Å²) >= 11 is 0. The molecule has 1 aliphatic rings. The fourth-order valence-corrected chi connectivity index (χ4v) is 2.84. The van der Waals surface area contributed by atoms with Crippen LogP contribution in [0.1, 0.15) is 51.6 Å². The lowest BCUT2D eigenvalue weighted by Gasteiger charge is -2.19. The molecule has 2 unspecified atom stereocenters.